The van der Waals surface area contributed by atoms with Crippen molar-refractivity contribution in [2.75, 3.05) is 13.1 Å². The maximum Gasteiger partial charge on any atom is 0.236 e. The second-order valence-corrected chi connectivity index (χ2v) is 6.74. The van der Waals surface area contributed by atoms with E-state index in [0.29, 0.717) is 30.0 Å². The lowest BCUT2D eigenvalue weighted by molar-refractivity contribution is 0.123. The summed E-state index contributed by atoms with van der Waals surface area (Å²) in [4.78, 5) is 13.0. The van der Waals surface area contributed by atoms with Crippen molar-refractivity contribution in [3.63, 3.8) is 0 Å². The van der Waals surface area contributed by atoms with Gasteiger partial charge in [0.2, 0.25) is 5.89 Å². The molecule has 1 atom stereocenters. The number of hydrogen-bond donors (Lipinski definition) is 1. The van der Waals surface area contributed by atoms with Crippen LogP contribution in [-0.2, 0) is 11.4 Å². The van der Waals surface area contributed by atoms with Gasteiger partial charge in [0.1, 0.15) is 12.0 Å². The van der Waals surface area contributed by atoms with Gasteiger partial charge in [0, 0.05) is 6.04 Å². The van der Waals surface area contributed by atoms with Gasteiger partial charge in [0.15, 0.2) is 12.4 Å². The average molecular weight is 334 g/mol. The van der Waals surface area contributed by atoms with Crippen LogP contribution < -0.4 is 5.73 Å². The van der Waals surface area contributed by atoms with Crippen LogP contribution in [0.3, 0.4) is 0 Å². The van der Waals surface area contributed by atoms with Gasteiger partial charge in [-0.1, -0.05) is 17.6 Å². The van der Waals surface area contributed by atoms with Crippen molar-refractivity contribution in [1.29, 1.82) is 0 Å². The van der Waals surface area contributed by atoms with Crippen molar-refractivity contribution in [3.8, 4) is 10.8 Å². The molecule has 0 spiro atoms. The largest absolute Gasteiger partial charge is 0.443 e. The Morgan fingerprint density at radius 1 is 1.57 bits per heavy atom. The molecule has 1 saturated heterocycles. The number of nitrogens with two attached hydrogens (primary N) is 1. The van der Waals surface area contributed by atoms with Crippen LogP contribution in [0, 0.1) is 0 Å². The van der Waals surface area contributed by atoms with Crippen molar-refractivity contribution >= 4 is 17.2 Å². The normalized spacial score (nSPS) is 19.9. The number of likely N-dealkylation sites (tertiary alicyclic amines) is 1. The van der Waals surface area contributed by atoms with Gasteiger partial charge in [0.05, 0.1) is 11.4 Å². The Bertz CT molecular complexity index is 638. The fraction of sp³-hybridized carbons (Fsp3) is 0.500. The first-order chi connectivity index (χ1) is 11.2. The van der Waals surface area contributed by atoms with Gasteiger partial charge in [-0.05, 0) is 37.8 Å². The van der Waals surface area contributed by atoms with E-state index in [9.17, 15) is 0 Å². The lowest BCUT2D eigenvalue weighted by Crippen LogP contribution is -2.42. The van der Waals surface area contributed by atoms with Crippen molar-refractivity contribution < 1.29 is 9.25 Å². The van der Waals surface area contributed by atoms with E-state index >= 15 is 0 Å². The Labute approximate surface area is 139 Å². The number of rotatable bonds is 6. The van der Waals surface area contributed by atoms with E-state index in [1.54, 1.807) is 17.6 Å². The summed E-state index contributed by atoms with van der Waals surface area (Å²) in [5, 5.41) is 5.98. The van der Waals surface area contributed by atoms with Crippen LogP contribution in [0.4, 0.5) is 0 Å². The smallest absolute Gasteiger partial charge is 0.236 e. The number of thiophene rings is 1. The van der Waals surface area contributed by atoms with Gasteiger partial charge < -0.3 is 15.0 Å². The molecule has 7 heteroatoms. The van der Waals surface area contributed by atoms with Gasteiger partial charge in [0.25, 0.3) is 0 Å². The molecular weight excluding hydrogens is 312 g/mol. The molecule has 2 aromatic heterocycles. The van der Waals surface area contributed by atoms with E-state index in [0.717, 1.165) is 11.4 Å². The monoisotopic (exact) mass is 334 g/mol. The molecule has 0 aromatic carbocycles. The molecule has 1 aliphatic heterocycles. The zero-order valence-electron chi connectivity index (χ0n) is 13.3. The topological polar surface area (TPSA) is 76.9 Å². The highest BCUT2D eigenvalue weighted by atomic mass is 32.1. The zero-order valence-corrected chi connectivity index (χ0v) is 14.1. The minimum Gasteiger partial charge on any atom is -0.443 e. The maximum atomic E-state index is 5.95. The molecule has 3 heterocycles. The fourth-order valence-corrected chi connectivity index (χ4v) is 3.35. The van der Waals surface area contributed by atoms with Gasteiger partial charge in [-0.3, -0.25) is 4.90 Å². The van der Waals surface area contributed by atoms with Crippen molar-refractivity contribution in [2.45, 2.75) is 38.8 Å². The van der Waals surface area contributed by atoms with Crippen LogP contribution in [-0.4, -0.2) is 34.9 Å². The highest BCUT2D eigenvalue weighted by Crippen LogP contribution is 2.23. The van der Waals surface area contributed by atoms with Crippen LogP contribution in [0.25, 0.3) is 10.8 Å². The first-order valence-corrected chi connectivity index (χ1v) is 8.77. The molecule has 0 amide bonds. The third-order valence-corrected chi connectivity index (χ3v) is 4.84. The summed E-state index contributed by atoms with van der Waals surface area (Å²) >= 11 is 1.59. The highest BCUT2D eigenvalue weighted by Gasteiger charge is 2.18. The molecule has 124 valence electrons. The molecule has 2 aromatic rings. The Kier molecular flexibility index (Phi) is 5.30. The number of aromatic nitrogens is 1. The summed E-state index contributed by atoms with van der Waals surface area (Å²) < 4.78 is 5.43. The molecule has 0 aliphatic carbocycles. The van der Waals surface area contributed by atoms with Crippen LogP contribution in [0.5, 0.6) is 0 Å². The fourth-order valence-electron chi connectivity index (χ4n) is 2.70. The summed E-state index contributed by atoms with van der Waals surface area (Å²) in [5.41, 5.74) is 6.66. The molecule has 3 rings (SSSR count). The Hall–Kier alpha value is -1.86. The first-order valence-electron chi connectivity index (χ1n) is 7.89. The number of oxazole rings is 1. The van der Waals surface area contributed by atoms with Gasteiger partial charge >= 0.3 is 0 Å². The van der Waals surface area contributed by atoms with E-state index in [1.165, 1.54) is 19.3 Å². The van der Waals surface area contributed by atoms with E-state index in [2.05, 4.69) is 22.0 Å². The molecule has 1 fully saturated rings. The number of hydrogen-bond acceptors (Lipinski definition) is 6. The molecule has 6 nitrogen and oxygen atoms in total. The second-order valence-electron chi connectivity index (χ2n) is 5.79. The number of nitrogens with zero attached hydrogens (tertiary/aromatic N) is 3. The van der Waals surface area contributed by atoms with E-state index in [-0.39, 0.29) is 6.61 Å². The van der Waals surface area contributed by atoms with Gasteiger partial charge in [-0.25, -0.2) is 4.98 Å². The first kappa shape index (κ1) is 16.0. The molecule has 23 heavy (non-hydrogen) atoms. The number of amidine groups is 1. The Balaban J connectivity index is 1.48. The highest BCUT2D eigenvalue weighted by molar-refractivity contribution is 7.13. The average Bonchev–Trinajstić information content (AvgIpc) is 3.20. The minimum absolute atomic E-state index is 0.255. The Morgan fingerprint density at radius 3 is 3.26 bits per heavy atom. The van der Waals surface area contributed by atoms with E-state index in [1.807, 2.05) is 17.5 Å². The molecule has 0 saturated carbocycles. The van der Waals surface area contributed by atoms with Crippen molar-refractivity contribution in [1.82, 2.24) is 9.88 Å². The maximum absolute atomic E-state index is 5.95. The third kappa shape index (κ3) is 4.33. The summed E-state index contributed by atoms with van der Waals surface area (Å²) in [6, 6.07) is 4.49. The van der Waals surface area contributed by atoms with Crippen LogP contribution in [0.2, 0.25) is 0 Å². The zero-order chi connectivity index (χ0) is 16.1. The lowest BCUT2D eigenvalue weighted by atomic mass is 10.0. The molecule has 1 unspecified atom stereocenters. The predicted octanol–water partition coefficient (Wildman–Crippen LogP) is 3.07. The summed E-state index contributed by atoms with van der Waals surface area (Å²) in [6.07, 6.45) is 5.33. The predicted molar refractivity (Wildman–Crippen MR) is 91.1 cm³/mol. The van der Waals surface area contributed by atoms with Crippen molar-refractivity contribution in [2.24, 2.45) is 10.9 Å². The van der Waals surface area contributed by atoms with Crippen LogP contribution in [0.1, 0.15) is 31.9 Å². The second kappa shape index (κ2) is 7.61. The minimum atomic E-state index is 0.255. The molecule has 0 radical (unpaired) electrons. The van der Waals surface area contributed by atoms with Gasteiger partial charge in [-0.2, -0.15) is 0 Å². The van der Waals surface area contributed by atoms with E-state index in [4.69, 9.17) is 15.0 Å². The SMILES string of the molecule is CC1CCCCN1CC(N)=NOCc1coc(-c2cccs2)n1. The third-order valence-electron chi connectivity index (χ3n) is 3.98. The quantitative estimate of drug-likeness (QED) is 0.499. The lowest BCUT2D eigenvalue weighted by Gasteiger charge is -2.32. The molecule has 2 N–H and O–H groups in total. The van der Waals surface area contributed by atoms with Crippen LogP contribution in [0.15, 0.2) is 33.3 Å². The standard InChI is InChI=1S/C16H22N4O2S/c1-12-5-2-3-7-20(12)9-15(17)19-22-11-13-10-21-16(18-13)14-6-4-8-23-14/h4,6,8,10,12H,2-3,5,7,9,11H2,1H3,(H2,17,19). The summed E-state index contributed by atoms with van der Waals surface area (Å²) in [6.45, 7) is 4.21. The molecule has 0 bridgehead atoms. The molecule has 1 aliphatic rings. The van der Waals surface area contributed by atoms with Gasteiger partial charge in [-0.15, -0.1) is 11.3 Å². The number of piperidine rings is 1. The summed E-state index contributed by atoms with van der Waals surface area (Å²) in [7, 11) is 0. The van der Waals surface area contributed by atoms with Crippen LogP contribution >= 0.6 is 11.3 Å². The Morgan fingerprint density at radius 2 is 2.48 bits per heavy atom. The van der Waals surface area contributed by atoms with E-state index < -0.39 is 0 Å². The van der Waals surface area contributed by atoms with Crippen molar-refractivity contribution in [3.05, 3.63) is 29.5 Å². The summed E-state index contributed by atoms with van der Waals surface area (Å²) in [5.74, 6) is 1.11. The number of oxime groups is 1. The molecular formula is C16H22N4O2S.